The highest BCUT2D eigenvalue weighted by Crippen LogP contribution is 2.30. The lowest BCUT2D eigenvalue weighted by Crippen LogP contribution is -2.35. The van der Waals surface area contributed by atoms with Gasteiger partial charge in [-0.1, -0.05) is 6.42 Å². The van der Waals surface area contributed by atoms with E-state index in [0.717, 1.165) is 61.7 Å². The molecule has 1 N–H and O–H groups in total. The van der Waals surface area contributed by atoms with Crippen LogP contribution in [0.5, 0.6) is 0 Å². The van der Waals surface area contributed by atoms with Crippen LogP contribution in [0.15, 0.2) is 47.4 Å². The number of anilines is 1. The standard InChI is InChI=1S/C19H18F4N2O3S/c20-17-9-8-15(29(27,28)25-10-2-1-3-11-25)12-16(17)18(26)24-14-6-4-13(5-7-14)19(21,22)23/h4-9,12H,1-3,10-11H2,(H,24,26). The predicted molar refractivity (Wildman–Crippen MR) is 98.4 cm³/mol. The molecule has 0 radical (unpaired) electrons. The summed E-state index contributed by atoms with van der Waals surface area (Å²) in [5.41, 5.74) is -1.38. The largest absolute Gasteiger partial charge is 0.416 e. The molecule has 0 bridgehead atoms. The molecule has 1 fully saturated rings. The number of halogens is 4. The number of rotatable bonds is 4. The van der Waals surface area contributed by atoms with Crippen molar-refractivity contribution in [3.8, 4) is 0 Å². The SMILES string of the molecule is O=C(Nc1ccc(C(F)(F)F)cc1)c1cc(S(=O)(=O)N2CCCCC2)ccc1F. The molecule has 0 atom stereocenters. The molecule has 0 aliphatic carbocycles. The van der Waals surface area contributed by atoms with Gasteiger partial charge in [0.1, 0.15) is 5.82 Å². The Morgan fingerprint density at radius 2 is 1.59 bits per heavy atom. The van der Waals surface area contributed by atoms with Gasteiger partial charge >= 0.3 is 6.18 Å². The first-order valence-electron chi connectivity index (χ1n) is 8.87. The van der Waals surface area contributed by atoms with Crippen molar-refractivity contribution in [1.82, 2.24) is 4.31 Å². The van der Waals surface area contributed by atoms with Gasteiger partial charge < -0.3 is 5.32 Å². The molecule has 0 aromatic heterocycles. The summed E-state index contributed by atoms with van der Waals surface area (Å²) in [6, 6.07) is 6.55. The number of carbonyl (C=O) groups excluding carboxylic acids is 1. The molecule has 1 saturated heterocycles. The monoisotopic (exact) mass is 430 g/mol. The van der Waals surface area contributed by atoms with Crippen molar-refractivity contribution in [1.29, 1.82) is 0 Å². The van der Waals surface area contributed by atoms with Gasteiger partial charge in [0.2, 0.25) is 10.0 Å². The fraction of sp³-hybridized carbons (Fsp3) is 0.316. The van der Waals surface area contributed by atoms with E-state index in [1.807, 2.05) is 0 Å². The molecule has 29 heavy (non-hydrogen) atoms. The van der Waals surface area contributed by atoms with Gasteiger partial charge in [-0.2, -0.15) is 17.5 Å². The van der Waals surface area contributed by atoms with Crippen molar-refractivity contribution in [2.75, 3.05) is 18.4 Å². The molecule has 0 spiro atoms. The van der Waals surface area contributed by atoms with Gasteiger partial charge in [-0.25, -0.2) is 12.8 Å². The van der Waals surface area contributed by atoms with E-state index in [-0.39, 0.29) is 10.6 Å². The minimum absolute atomic E-state index is 0.0201. The Balaban J connectivity index is 1.83. The average molecular weight is 430 g/mol. The number of alkyl halides is 3. The van der Waals surface area contributed by atoms with Crippen LogP contribution < -0.4 is 5.32 Å². The van der Waals surface area contributed by atoms with Crippen LogP contribution in [0.2, 0.25) is 0 Å². The maximum absolute atomic E-state index is 14.2. The molecule has 1 heterocycles. The minimum Gasteiger partial charge on any atom is -0.322 e. The summed E-state index contributed by atoms with van der Waals surface area (Å²) in [6.07, 6.45) is -2.15. The van der Waals surface area contributed by atoms with Crippen molar-refractivity contribution in [2.45, 2.75) is 30.3 Å². The molecule has 1 aliphatic heterocycles. The first-order chi connectivity index (χ1) is 13.6. The van der Waals surface area contributed by atoms with E-state index < -0.39 is 39.1 Å². The Bertz CT molecular complexity index is 999. The lowest BCUT2D eigenvalue weighted by atomic mass is 10.1. The van der Waals surface area contributed by atoms with Crippen molar-refractivity contribution in [3.63, 3.8) is 0 Å². The topological polar surface area (TPSA) is 66.5 Å². The van der Waals surface area contributed by atoms with Crippen LogP contribution in [0.25, 0.3) is 0 Å². The lowest BCUT2D eigenvalue weighted by molar-refractivity contribution is -0.137. The summed E-state index contributed by atoms with van der Waals surface area (Å²) in [6.45, 7) is 0.708. The second kappa shape index (κ2) is 8.11. The van der Waals surface area contributed by atoms with E-state index in [9.17, 15) is 30.8 Å². The van der Waals surface area contributed by atoms with Crippen LogP contribution in [-0.2, 0) is 16.2 Å². The number of carbonyl (C=O) groups is 1. The smallest absolute Gasteiger partial charge is 0.322 e. The van der Waals surface area contributed by atoms with Gasteiger partial charge in [0.15, 0.2) is 0 Å². The number of nitrogens with zero attached hydrogens (tertiary/aromatic N) is 1. The zero-order valence-corrected chi connectivity index (χ0v) is 16.0. The van der Waals surface area contributed by atoms with Gasteiger partial charge in [0.05, 0.1) is 16.0 Å². The number of piperidine rings is 1. The molecular formula is C19H18F4N2O3S. The Hall–Kier alpha value is -2.46. The van der Waals surface area contributed by atoms with Crippen molar-refractivity contribution in [3.05, 3.63) is 59.4 Å². The minimum atomic E-state index is -4.52. The number of amides is 1. The number of hydrogen-bond acceptors (Lipinski definition) is 3. The van der Waals surface area contributed by atoms with Crippen LogP contribution in [-0.4, -0.2) is 31.7 Å². The summed E-state index contributed by atoms with van der Waals surface area (Å²) in [5.74, 6) is -1.90. The first kappa shape index (κ1) is 21.3. The summed E-state index contributed by atoms with van der Waals surface area (Å²) >= 11 is 0. The Morgan fingerprint density at radius 1 is 0.966 bits per heavy atom. The summed E-state index contributed by atoms with van der Waals surface area (Å²) in [5, 5.41) is 2.28. The van der Waals surface area contributed by atoms with Gasteiger partial charge in [-0.3, -0.25) is 4.79 Å². The molecule has 0 unspecified atom stereocenters. The molecule has 10 heteroatoms. The van der Waals surface area contributed by atoms with E-state index >= 15 is 0 Å². The highest BCUT2D eigenvalue weighted by Gasteiger charge is 2.30. The third-order valence-corrected chi connectivity index (χ3v) is 6.50. The molecule has 3 rings (SSSR count). The zero-order chi connectivity index (χ0) is 21.2. The Morgan fingerprint density at radius 3 is 2.17 bits per heavy atom. The van der Waals surface area contributed by atoms with Crippen molar-refractivity contribution < 1.29 is 30.8 Å². The number of hydrogen-bond donors (Lipinski definition) is 1. The molecule has 2 aromatic rings. The third kappa shape index (κ3) is 4.76. The highest BCUT2D eigenvalue weighted by molar-refractivity contribution is 7.89. The fourth-order valence-electron chi connectivity index (χ4n) is 3.03. The van der Waals surface area contributed by atoms with Gasteiger partial charge in [-0.15, -0.1) is 0 Å². The fourth-order valence-corrected chi connectivity index (χ4v) is 4.58. The quantitative estimate of drug-likeness (QED) is 0.737. The molecule has 5 nitrogen and oxygen atoms in total. The Labute approximate surface area is 165 Å². The first-order valence-corrected chi connectivity index (χ1v) is 10.3. The van der Waals surface area contributed by atoms with Crippen LogP contribution in [0.1, 0.15) is 35.2 Å². The van der Waals surface area contributed by atoms with Gasteiger partial charge in [-0.05, 0) is 55.3 Å². The number of sulfonamides is 1. The molecule has 2 aromatic carbocycles. The predicted octanol–water partition coefficient (Wildman–Crippen LogP) is 4.27. The summed E-state index contributed by atoms with van der Waals surface area (Å²) in [4.78, 5) is 12.2. The second-order valence-electron chi connectivity index (χ2n) is 6.64. The van der Waals surface area contributed by atoms with E-state index in [1.54, 1.807) is 0 Å². The maximum atomic E-state index is 14.2. The molecule has 1 aliphatic rings. The average Bonchev–Trinajstić information content (AvgIpc) is 2.68. The summed E-state index contributed by atoms with van der Waals surface area (Å²) < 4.78 is 78.7. The van der Waals surface area contributed by atoms with E-state index in [2.05, 4.69) is 5.32 Å². The normalized spacial score (nSPS) is 15.9. The molecule has 0 saturated carbocycles. The van der Waals surface area contributed by atoms with Gasteiger partial charge in [0.25, 0.3) is 5.91 Å². The lowest BCUT2D eigenvalue weighted by Gasteiger charge is -2.26. The summed E-state index contributed by atoms with van der Waals surface area (Å²) in [7, 11) is -3.87. The maximum Gasteiger partial charge on any atom is 0.416 e. The molecule has 156 valence electrons. The second-order valence-corrected chi connectivity index (χ2v) is 8.57. The zero-order valence-electron chi connectivity index (χ0n) is 15.2. The Kier molecular flexibility index (Phi) is 5.95. The number of nitrogens with one attached hydrogen (secondary N) is 1. The highest BCUT2D eigenvalue weighted by atomic mass is 32.2. The van der Waals surface area contributed by atoms with E-state index in [0.29, 0.717) is 13.1 Å². The van der Waals surface area contributed by atoms with Crippen LogP contribution in [0.3, 0.4) is 0 Å². The van der Waals surface area contributed by atoms with Crippen LogP contribution >= 0.6 is 0 Å². The third-order valence-electron chi connectivity index (χ3n) is 4.61. The van der Waals surface area contributed by atoms with Crippen molar-refractivity contribution in [2.24, 2.45) is 0 Å². The van der Waals surface area contributed by atoms with E-state index in [4.69, 9.17) is 0 Å². The number of benzene rings is 2. The molecule has 1 amide bonds. The van der Waals surface area contributed by atoms with Crippen molar-refractivity contribution >= 4 is 21.6 Å². The van der Waals surface area contributed by atoms with Gasteiger partial charge in [0, 0.05) is 18.8 Å². The van der Waals surface area contributed by atoms with Crippen LogP contribution in [0.4, 0.5) is 23.2 Å². The molecular weight excluding hydrogens is 412 g/mol. The van der Waals surface area contributed by atoms with E-state index in [1.165, 1.54) is 4.31 Å². The van der Waals surface area contributed by atoms with Crippen LogP contribution in [0, 0.1) is 5.82 Å².